The van der Waals surface area contributed by atoms with Crippen LogP contribution in [0, 0.1) is 0 Å². The topological polar surface area (TPSA) is 31.4 Å². The maximum Gasteiger partial charge on any atom is 0.135 e. The molecule has 8 rings (SSSR count). The molecule has 3 heteroatoms. The van der Waals surface area contributed by atoms with Gasteiger partial charge in [-0.25, -0.2) is 0 Å². The highest BCUT2D eigenvalue weighted by Crippen LogP contribution is 2.62. The van der Waals surface area contributed by atoms with Crippen molar-refractivity contribution in [2.45, 2.75) is 5.41 Å². The molecule has 1 aromatic heterocycles. The molecule has 0 bridgehead atoms. The van der Waals surface area contributed by atoms with Crippen molar-refractivity contribution in [1.29, 1.82) is 0 Å². The van der Waals surface area contributed by atoms with Crippen LogP contribution in [0.2, 0.25) is 0 Å². The molecule has 3 heterocycles. The van der Waals surface area contributed by atoms with Crippen molar-refractivity contribution in [2.75, 3.05) is 0 Å². The third-order valence-electron chi connectivity index (χ3n) is 7.63. The minimum atomic E-state index is -0.564. The van der Waals surface area contributed by atoms with E-state index in [1.807, 2.05) is 36.5 Å². The summed E-state index contributed by atoms with van der Waals surface area (Å²) in [5, 5.41) is 1.12. The number of hydrogen-bond acceptors (Lipinski definition) is 3. The fraction of sp³-hybridized carbons (Fsp3) is 0.0294. The molecule has 0 N–H and O–H groups in total. The Kier molecular flexibility index (Phi) is 4.15. The summed E-state index contributed by atoms with van der Waals surface area (Å²) in [6, 6.07) is 42.1. The van der Waals surface area contributed by atoms with Crippen LogP contribution in [0.1, 0.15) is 22.3 Å². The van der Waals surface area contributed by atoms with Crippen molar-refractivity contribution < 1.29 is 9.47 Å². The Balaban J connectivity index is 1.46. The zero-order valence-electron chi connectivity index (χ0n) is 19.9. The van der Waals surface area contributed by atoms with E-state index in [0.717, 1.165) is 61.7 Å². The second-order valence-corrected chi connectivity index (χ2v) is 9.54. The van der Waals surface area contributed by atoms with Crippen LogP contribution in [-0.4, -0.2) is 4.98 Å². The molecule has 0 saturated heterocycles. The maximum atomic E-state index is 6.66. The lowest BCUT2D eigenvalue weighted by molar-refractivity contribution is 0.385. The second-order valence-electron chi connectivity index (χ2n) is 9.54. The molecule has 0 saturated carbocycles. The van der Waals surface area contributed by atoms with E-state index in [-0.39, 0.29) is 0 Å². The van der Waals surface area contributed by atoms with Gasteiger partial charge in [-0.3, -0.25) is 4.98 Å². The van der Waals surface area contributed by atoms with Gasteiger partial charge >= 0.3 is 0 Å². The highest BCUT2D eigenvalue weighted by atomic mass is 16.5. The smallest absolute Gasteiger partial charge is 0.135 e. The summed E-state index contributed by atoms with van der Waals surface area (Å²) in [5.74, 6) is 3.35. The summed E-state index contributed by atoms with van der Waals surface area (Å²) in [6.07, 6.45) is 1.85. The van der Waals surface area contributed by atoms with Crippen molar-refractivity contribution in [3.63, 3.8) is 0 Å². The molecule has 0 amide bonds. The number of aromatic nitrogens is 1. The predicted molar refractivity (Wildman–Crippen MR) is 146 cm³/mol. The van der Waals surface area contributed by atoms with Gasteiger partial charge in [0.1, 0.15) is 23.0 Å². The fourth-order valence-electron chi connectivity index (χ4n) is 6.13. The summed E-state index contributed by atoms with van der Waals surface area (Å²) >= 11 is 0. The first-order valence-corrected chi connectivity index (χ1v) is 12.5. The third-order valence-corrected chi connectivity index (χ3v) is 7.63. The van der Waals surface area contributed by atoms with Crippen LogP contribution < -0.4 is 9.47 Å². The van der Waals surface area contributed by atoms with E-state index in [0.29, 0.717) is 0 Å². The van der Waals surface area contributed by atoms with Crippen LogP contribution in [0.4, 0.5) is 0 Å². The first kappa shape index (κ1) is 20.3. The van der Waals surface area contributed by atoms with E-state index < -0.39 is 5.41 Å². The number of para-hydroxylation sites is 2. The van der Waals surface area contributed by atoms with E-state index in [4.69, 9.17) is 14.5 Å². The predicted octanol–water partition coefficient (Wildman–Crippen LogP) is 8.50. The summed E-state index contributed by atoms with van der Waals surface area (Å²) in [5.41, 5.74) is 7.03. The Morgan fingerprint density at radius 3 is 2.14 bits per heavy atom. The monoisotopic (exact) mass is 475 g/mol. The van der Waals surface area contributed by atoms with E-state index in [9.17, 15) is 0 Å². The lowest BCUT2D eigenvalue weighted by atomic mass is 9.62. The van der Waals surface area contributed by atoms with Crippen LogP contribution in [0.3, 0.4) is 0 Å². The lowest BCUT2D eigenvalue weighted by Crippen LogP contribution is -2.36. The van der Waals surface area contributed by atoms with Crippen LogP contribution in [-0.2, 0) is 5.41 Å². The average Bonchev–Trinajstić information content (AvgIpc) is 2.97. The van der Waals surface area contributed by atoms with Gasteiger partial charge in [0.15, 0.2) is 0 Å². The first-order chi connectivity index (χ1) is 18.3. The van der Waals surface area contributed by atoms with Crippen LogP contribution in [0.15, 0.2) is 128 Å². The van der Waals surface area contributed by atoms with Gasteiger partial charge in [-0.2, -0.15) is 0 Å². The van der Waals surface area contributed by atoms with E-state index in [1.165, 1.54) is 5.56 Å². The summed E-state index contributed by atoms with van der Waals surface area (Å²) in [7, 11) is 0. The van der Waals surface area contributed by atoms with E-state index >= 15 is 0 Å². The quantitative estimate of drug-likeness (QED) is 0.251. The molecule has 6 aromatic rings. The molecule has 0 radical (unpaired) electrons. The molecule has 174 valence electrons. The van der Waals surface area contributed by atoms with Crippen molar-refractivity contribution in [3.8, 4) is 34.1 Å². The van der Waals surface area contributed by atoms with Crippen LogP contribution in [0.25, 0.3) is 22.0 Å². The summed E-state index contributed by atoms with van der Waals surface area (Å²) in [6.45, 7) is 0. The molecule has 1 atom stereocenters. The molecule has 2 aliphatic heterocycles. The van der Waals surface area contributed by atoms with Gasteiger partial charge in [-0.15, -0.1) is 0 Å². The van der Waals surface area contributed by atoms with Crippen LogP contribution >= 0.6 is 0 Å². The number of hydrogen-bond donors (Lipinski definition) is 0. The van der Waals surface area contributed by atoms with E-state index in [2.05, 4.69) is 91.0 Å². The second kappa shape index (κ2) is 7.55. The number of benzene rings is 5. The largest absolute Gasteiger partial charge is 0.457 e. The summed E-state index contributed by atoms with van der Waals surface area (Å²) in [4.78, 5) is 4.69. The zero-order chi connectivity index (χ0) is 24.4. The molecular formula is C34H21NO2. The Morgan fingerprint density at radius 2 is 1.24 bits per heavy atom. The van der Waals surface area contributed by atoms with Crippen molar-refractivity contribution in [1.82, 2.24) is 4.98 Å². The Morgan fingerprint density at radius 1 is 0.541 bits per heavy atom. The van der Waals surface area contributed by atoms with Gasteiger partial charge in [0, 0.05) is 28.3 Å². The molecule has 2 aliphatic rings. The number of rotatable bonds is 2. The van der Waals surface area contributed by atoms with Gasteiger partial charge < -0.3 is 9.47 Å². The molecular weight excluding hydrogens is 454 g/mol. The highest BCUT2D eigenvalue weighted by molar-refractivity contribution is 5.94. The number of pyridine rings is 1. The normalized spacial score (nSPS) is 16.6. The molecule has 0 aliphatic carbocycles. The first-order valence-electron chi connectivity index (χ1n) is 12.5. The summed E-state index contributed by atoms with van der Waals surface area (Å²) < 4.78 is 13.1. The van der Waals surface area contributed by atoms with Gasteiger partial charge in [0.05, 0.1) is 16.5 Å². The zero-order valence-corrected chi connectivity index (χ0v) is 19.9. The minimum Gasteiger partial charge on any atom is -0.457 e. The average molecular weight is 476 g/mol. The Hall–Kier alpha value is -4.89. The number of fused-ring (bicyclic) bond motifs is 5. The lowest BCUT2D eigenvalue weighted by Gasteiger charge is -2.45. The molecule has 1 unspecified atom stereocenters. The minimum absolute atomic E-state index is 0.564. The molecule has 0 fully saturated rings. The van der Waals surface area contributed by atoms with Gasteiger partial charge in [0.2, 0.25) is 0 Å². The Bertz CT molecular complexity index is 1840. The Labute approximate surface area is 214 Å². The molecule has 3 nitrogen and oxygen atoms in total. The highest BCUT2D eigenvalue weighted by Gasteiger charge is 2.51. The maximum absolute atomic E-state index is 6.66. The van der Waals surface area contributed by atoms with Crippen LogP contribution in [0.5, 0.6) is 23.0 Å². The van der Waals surface area contributed by atoms with E-state index in [1.54, 1.807) is 0 Å². The fourth-order valence-corrected chi connectivity index (χ4v) is 6.13. The van der Waals surface area contributed by atoms with Crippen molar-refractivity contribution in [2.24, 2.45) is 0 Å². The molecule has 0 spiro atoms. The molecule has 5 aromatic carbocycles. The standard InChI is InChI=1S/C34H21NO2/c1-2-11-24(12-3-1)34-26-14-4-5-15-28(26)36-29-16-7-17-30(32(29)34)37-31-21-23(18-19-27(31)34)25-13-6-9-22-10-8-20-35-33(22)25/h1-21H. The molecule has 37 heavy (non-hydrogen) atoms. The third kappa shape index (κ3) is 2.74. The van der Waals surface area contributed by atoms with Gasteiger partial charge in [-0.1, -0.05) is 91.0 Å². The number of ether oxygens (including phenoxy) is 2. The van der Waals surface area contributed by atoms with Gasteiger partial charge in [0.25, 0.3) is 0 Å². The van der Waals surface area contributed by atoms with Crippen molar-refractivity contribution in [3.05, 3.63) is 150 Å². The van der Waals surface area contributed by atoms with Gasteiger partial charge in [-0.05, 0) is 41.5 Å². The van der Waals surface area contributed by atoms with Crippen molar-refractivity contribution >= 4 is 10.9 Å². The number of nitrogens with zero attached hydrogens (tertiary/aromatic N) is 1. The SMILES string of the molecule is c1ccc(C23c4ccccc4Oc4cccc(c42)Oc2cc(-c4cccc5cccnc45)ccc23)cc1.